The highest BCUT2D eigenvalue weighted by atomic mass is 79.9. The minimum absolute atomic E-state index is 0.00838. The van der Waals surface area contributed by atoms with Crippen LogP contribution in [-0.2, 0) is 4.79 Å². The maximum atomic E-state index is 12.0. The number of rotatable bonds is 5. The summed E-state index contributed by atoms with van der Waals surface area (Å²) in [5.41, 5.74) is 3.43. The van der Waals surface area contributed by atoms with Gasteiger partial charge in [-0.15, -0.1) is 0 Å². The number of aryl methyl sites for hydroxylation is 2. The van der Waals surface area contributed by atoms with Crippen molar-refractivity contribution in [1.82, 2.24) is 4.98 Å². The minimum atomic E-state index is -0.141. The predicted octanol–water partition coefficient (Wildman–Crippen LogP) is 4.81. The minimum Gasteiger partial charge on any atom is -0.301 e. The smallest absolute Gasteiger partial charge is 0.239 e. The molecule has 3 nitrogen and oxygen atoms in total. The number of hydrogen-bond donors (Lipinski definition) is 1. The molecule has 5 heteroatoms. The third-order valence-corrected chi connectivity index (χ3v) is 5.14. The SMILES string of the molecule is CCCC[C@H](Br)C(=O)Nc1nc2cc(C)c(C)cc2s1. The van der Waals surface area contributed by atoms with Crippen LogP contribution < -0.4 is 5.32 Å². The number of hydrogen-bond acceptors (Lipinski definition) is 3. The highest BCUT2D eigenvalue weighted by Crippen LogP contribution is 2.28. The number of nitrogens with zero attached hydrogens (tertiary/aromatic N) is 1. The van der Waals surface area contributed by atoms with Gasteiger partial charge in [0.1, 0.15) is 0 Å². The molecule has 1 aromatic heterocycles. The van der Waals surface area contributed by atoms with Crippen LogP contribution in [0.5, 0.6) is 0 Å². The van der Waals surface area contributed by atoms with E-state index in [1.165, 1.54) is 22.5 Å². The fraction of sp³-hybridized carbons (Fsp3) is 0.467. The van der Waals surface area contributed by atoms with E-state index < -0.39 is 0 Å². The number of nitrogens with one attached hydrogen (secondary N) is 1. The Kier molecular flexibility index (Phi) is 5.16. The first-order valence-electron chi connectivity index (χ1n) is 6.84. The molecule has 1 atom stereocenters. The van der Waals surface area contributed by atoms with Crippen LogP contribution in [0.15, 0.2) is 12.1 Å². The monoisotopic (exact) mass is 354 g/mol. The van der Waals surface area contributed by atoms with Crippen LogP contribution in [0, 0.1) is 13.8 Å². The summed E-state index contributed by atoms with van der Waals surface area (Å²) < 4.78 is 1.11. The molecule has 1 aromatic carbocycles. The van der Waals surface area contributed by atoms with Crippen LogP contribution in [0.3, 0.4) is 0 Å². The van der Waals surface area contributed by atoms with E-state index in [-0.39, 0.29) is 10.7 Å². The zero-order valence-electron chi connectivity index (χ0n) is 12.0. The van der Waals surface area contributed by atoms with Crippen molar-refractivity contribution < 1.29 is 4.79 Å². The zero-order chi connectivity index (χ0) is 14.7. The Labute approximate surface area is 131 Å². The first-order chi connectivity index (χ1) is 9.51. The summed E-state index contributed by atoms with van der Waals surface area (Å²) in [5, 5.41) is 3.58. The topological polar surface area (TPSA) is 42.0 Å². The summed E-state index contributed by atoms with van der Waals surface area (Å²) in [6.07, 6.45) is 2.99. The number of unbranched alkanes of at least 4 members (excludes halogenated alkanes) is 1. The first-order valence-corrected chi connectivity index (χ1v) is 8.57. The highest BCUT2D eigenvalue weighted by molar-refractivity contribution is 9.10. The Bertz CT molecular complexity index is 585. The summed E-state index contributed by atoms with van der Waals surface area (Å²) in [4.78, 5) is 16.4. The van der Waals surface area contributed by atoms with Gasteiger partial charge in [-0.1, -0.05) is 47.0 Å². The lowest BCUT2D eigenvalue weighted by Crippen LogP contribution is -2.22. The number of thiazole rings is 1. The molecule has 0 saturated carbocycles. The third-order valence-electron chi connectivity index (χ3n) is 3.33. The summed E-state index contributed by atoms with van der Waals surface area (Å²) in [6, 6.07) is 4.19. The molecule has 2 rings (SSSR count). The maximum absolute atomic E-state index is 12.0. The fourth-order valence-corrected chi connectivity index (χ4v) is 3.32. The van der Waals surface area contributed by atoms with E-state index in [1.807, 2.05) is 0 Å². The van der Waals surface area contributed by atoms with Crippen molar-refractivity contribution in [3.63, 3.8) is 0 Å². The fourth-order valence-electron chi connectivity index (χ4n) is 1.93. The Morgan fingerprint density at radius 2 is 2.10 bits per heavy atom. The van der Waals surface area contributed by atoms with E-state index in [0.717, 1.165) is 29.5 Å². The first kappa shape index (κ1) is 15.4. The van der Waals surface area contributed by atoms with Gasteiger partial charge in [-0.05, 0) is 43.5 Å². The molecule has 0 bridgehead atoms. The standard InChI is InChI=1S/C15H19BrN2OS/c1-4-5-6-11(16)14(19)18-15-17-12-7-9(2)10(3)8-13(12)20-15/h7-8,11H,4-6H2,1-3H3,(H,17,18,19)/t11-/m0/s1. The highest BCUT2D eigenvalue weighted by Gasteiger charge is 2.16. The molecule has 108 valence electrons. The van der Waals surface area contributed by atoms with Gasteiger partial charge in [0.2, 0.25) is 5.91 Å². The Balaban J connectivity index is 2.12. The molecule has 0 aliphatic rings. The van der Waals surface area contributed by atoms with E-state index in [9.17, 15) is 4.79 Å². The molecule has 0 saturated heterocycles. The van der Waals surface area contributed by atoms with Crippen LogP contribution in [0.25, 0.3) is 10.2 Å². The lowest BCUT2D eigenvalue weighted by atomic mass is 10.1. The van der Waals surface area contributed by atoms with Crippen molar-refractivity contribution in [2.45, 2.75) is 44.9 Å². The van der Waals surface area contributed by atoms with Crippen LogP contribution in [-0.4, -0.2) is 15.7 Å². The molecule has 20 heavy (non-hydrogen) atoms. The molecule has 2 aromatic rings. The Hall–Kier alpha value is -0.940. The molecule has 0 fully saturated rings. The van der Waals surface area contributed by atoms with Crippen molar-refractivity contribution in [3.05, 3.63) is 23.3 Å². The van der Waals surface area contributed by atoms with Gasteiger partial charge in [0.05, 0.1) is 15.0 Å². The summed E-state index contributed by atoms with van der Waals surface area (Å²) in [6.45, 7) is 6.29. The van der Waals surface area contributed by atoms with Gasteiger partial charge in [-0.3, -0.25) is 4.79 Å². The summed E-state index contributed by atoms with van der Waals surface area (Å²) in [5.74, 6) is -0.00838. The van der Waals surface area contributed by atoms with Crippen molar-refractivity contribution in [2.24, 2.45) is 0 Å². The number of aromatic nitrogens is 1. The molecule has 1 N–H and O–H groups in total. The van der Waals surface area contributed by atoms with E-state index in [2.05, 4.69) is 59.1 Å². The van der Waals surface area contributed by atoms with Crippen molar-refractivity contribution in [3.8, 4) is 0 Å². The van der Waals surface area contributed by atoms with Gasteiger partial charge in [-0.25, -0.2) is 4.98 Å². The zero-order valence-corrected chi connectivity index (χ0v) is 14.4. The van der Waals surface area contributed by atoms with Crippen LogP contribution in [0.4, 0.5) is 5.13 Å². The van der Waals surface area contributed by atoms with E-state index in [1.54, 1.807) is 0 Å². The molecule has 1 amide bonds. The summed E-state index contributed by atoms with van der Waals surface area (Å²) >= 11 is 4.96. The summed E-state index contributed by atoms with van der Waals surface area (Å²) in [7, 11) is 0. The molecule has 0 radical (unpaired) electrons. The molecule has 0 spiro atoms. The van der Waals surface area contributed by atoms with Gasteiger partial charge < -0.3 is 5.32 Å². The van der Waals surface area contributed by atoms with Crippen LogP contribution in [0.2, 0.25) is 0 Å². The second-order valence-corrected chi connectivity index (χ2v) is 7.16. The number of alkyl halides is 1. The number of halogens is 1. The molecular weight excluding hydrogens is 336 g/mol. The molecule has 0 aliphatic carbocycles. The molecule has 0 unspecified atom stereocenters. The van der Waals surface area contributed by atoms with Gasteiger partial charge >= 0.3 is 0 Å². The second-order valence-electron chi connectivity index (χ2n) is 5.02. The van der Waals surface area contributed by atoms with E-state index >= 15 is 0 Å². The predicted molar refractivity (Wildman–Crippen MR) is 90.0 cm³/mol. The third kappa shape index (κ3) is 3.58. The normalized spacial score (nSPS) is 12.6. The average Bonchev–Trinajstić information content (AvgIpc) is 2.77. The number of amides is 1. The Morgan fingerprint density at radius 3 is 2.80 bits per heavy atom. The van der Waals surface area contributed by atoms with Gasteiger partial charge in [0.15, 0.2) is 5.13 Å². The van der Waals surface area contributed by atoms with E-state index in [0.29, 0.717) is 5.13 Å². The van der Waals surface area contributed by atoms with Crippen molar-refractivity contribution in [1.29, 1.82) is 0 Å². The quantitative estimate of drug-likeness (QED) is 0.783. The molecule has 1 heterocycles. The van der Waals surface area contributed by atoms with Crippen molar-refractivity contribution in [2.75, 3.05) is 5.32 Å². The van der Waals surface area contributed by atoms with Gasteiger partial charge in [0.25, 0.3) is 0 Å². The molecular formula is C15H19BrN2OS. The number of carbonyl (C=O) groups excluding carboxylic acids is 1. The largest absolute Gasteiger partial charge is 0.301 e. The number of carbonyl (C=O) groups is 1. The van der Waals surface area contributed by atoms with Crippen molar-refractivity contribution >= 4 is 48.5 Å². The lowest BCUT2D eigenvalue weighted by molar-refractivity contribution is -0.115. The average molecular weight is 355 g/mol. The van der Waals surface area contributed by atoms with Crippen LogP contribution >= 0.6 is 27.3 Å². The second kappa shape index (κ2) is 6.68. The lowest BCUT2D eigenvalue weighted by Gasteiger charge is -2.07. The number of anilines is 1. The van der Waals surface area contributed by atoms with E-state index in [4.69, 9.17) is 0 Å². The molecule has 0 aliphatic heterocycles. The van der Waals surface area contributed by atoms with Gasteiger partial charge in [0, 0.05) is 0 Å². The number of benzene rings is 1. The van der Waals surface area contributed by atoms with Gasteiger partial charge in [-0.2, -0.15) is 0 Å². The maximum Gasteiger partial charge on any atom is 0.239 e. The van der Waals surface area contributed by atoms with Crippen LogP contribution in [0.1, 0.15) is 37.3 Å². The Morgan fingerprint density at radius 1 is 1.40 bits per heavy atom. The number of fused-ring (bicyclic) bond motifs is 1.